The highest BCUT2D eigenvalue weighted by molar-refractivity contribution is 6.08. The van der Waals surface area contributed by atoms with Crippen molar-refractivity contribution in [2.45, 2.75) is 12.8 Å². The molecule has 0 atom stereocenters. The van der Waals surface area contributed by atoms with E-state index in [0.29, 0.717) is 12.1 Å². The lowest BCUT2D eigenvalue weighted by Gasteiger charge is -2.02. The average molecular weight is 257 g/mol. The van der Waals surface area contributed by atoms with Crippen LogP contribution in [0.2, 0.25) is 0 Å². The van der Waals surface area contributed by atoms with E-state index < -0.39 is 5.91 Å². The normalized spacial score (nSPS) is 13.7. The number of nitrogens with two attached hydrogens (primary N) is 1. The van der Waals surface area contributed by atoms with Crippen LogP contribution in [0.1, 0.15) is 18.4 Å². The predicted molar refractivity (Wildman–Crippen MR) is 72.5 cm³/mol. The van der Waals surface area contributed by atoms with Crippen LogP contribution in [0.25, 0.3) is 0 Å². The molecule has 0 saturated heterocycles. The maximum absolute atomic E-state index is 11.8. The van der Waals surface area contributed by atoms with E-state index in [9.17, 15) is 9.59 Å². The Morgan fingerprint density at radius 2 is 2.00 bits per heavy atom. The number of allylic oxidation sites excluding steroid dienone is 1. The van der Waals surface area contributed by atoms with Gasteiger partial charge in [-0.1, -0.05) is 30.3 Å². The first-order valence-corrected chi connectivity index (χ1v) is 6.06. The van der Waals surface area contributed by atoms with Crippen LogP contribution in [0, 0.1) is 0 Å². The van der Waals surface area contributed by atoms with Gasteiger partial charge < -0.3 is 11.1 Å². The second-order valence-electron chi connectivity index (χ2n) is 4.19. The number of nitrogens with one attached hydrogen (secondary N) is 1. The van der Waals surface area contributed by atoms with Crippen LogP contribution < -0.4 is 11.1 Å². The van der Waals surface area contributed by atoms with E-state index in [1.807, 2.05) is 30.3 Å². The van der Waals surface area contributed by atoms with Crippen LogP contribution in [0.4, 0.5) is 0 Å². The van der Waals surface area contributed by atoms with Gasteiger partial charge in [0.2, 0.25) is 5.91 Å². The molecule has 2 rings (SSSR count). The Balaban J connectivity index is 1.94. The number of nitrogens with zero attached hydrogens (tertiary/aromatic N) is 1. The molecule has 98 valence electrons. The van der Waals surface area contributed by atoms with E-state index in [4.69, 9.17) is 5.73 Å². The van der Waals surface area contributed by atoms with Crippen molar-refractivity contribution >= 4 is 17.5 Å². The fourth-order valence-corrected chi connectivity index (χ4v) is 1.78. The van der Waals surface area contributed by atoms with Gasteiger partial charge in [0.05, 0.1) is 5.71 Å². The zero-order valence-electron chi connectivity index (χ0n) is 10.4. The van der Waals surface area contributed by atoms with Gasteiger partial charge >= 0.3 is 0 Å². The largest absolute Gasteiger partial charge is 0.370 e. The Labute approximate surface area is 111 Å². The molecule has 19 heavy (non-hydrogen) atoms. The highest BCUT2D eigenvalue weighted by atomic mass is 16.2. The molecule has 1 aliphatic rings. The number of aliphatic imine (C=N–C) groups is 1. The van der Waals surface area contributed by atoms with Crippen molar-refractivity contribution in [1.82, 2.24) is 5.32 Å². The molecule has 0 aliphatic carbocycles. The molecule has 0 radical (unpaired) electrons. The number of hydrogen-bond donors (Lipinski definition) is 2. The zero-order valence-corrected chi connectivity index (χ0v) is 10.4. The quantitative estimate of drug-likeness (QED) is 0.816. The number of carbonyl (C=O) groups excluding carboxylic acids is 2. The first kappa shape index (κ1) is 13.0. The molecule has 0 saturated carbocycles. The van der Waals surface area contributed by atoms with Gasteiger partial charge in [-0.3, -0.25) is 9.59 Å². The number of benzene rings is 1. The highest BCUT2D eigenvalue weighted by Gasteiger charge is 2.16. The van der Waals surface area contributed by atoms with E-state index in [1.165, 1.54) is 0 Å². The summed E-state index contributed by atoms with van der Waals surface area (Å²) in [7, 11) is 0. The molecule has 0 bridgehead atoms. The zero-order chi connectivity index (χ0) is 13.7. The van der Waals surface area contributed by atoms with Crippen molar-refractivity contribution < 1.29 is 9.59 Å². The standard InChI is InChI=1S/C14H15N3O2/c15-13(18)8-9-16-14(19)12-7-6-11(17-12)10-4-2-1-3-5-10/h1-5,7H,6,8-9H2,(H2,15,18)(H,16,19). The summed E-state index contributed by atoms with van der Waals surface area (Å²) < 4.78 is 0. The lowest BCUT2D eigenvalue weighted by Crippen LogP contribution is -2.28. The topological polar surface area (TPSA) is 84.5 Å². The van der Waals surface area contributed by atoms with Gasteiger partial charge in [-0.15, -0.1) is 0 Å². The molecule has 2 amide bonds. The first-order chi connectivity index (χ1) is 9.16. The van der Waals surface area contributed by atoms with Crippen LogP contribution in [-0.2, 0) is 9.59 Å². The Hall–Kier alpha value is -2.43. The fourth-order valence-electron chi connectivity index (χ4n) is 1.78. The average Bonchev–Trinajstić information content (AvgIpc) is 2.89. The predicted octanol–water partition coefficient (Wildman–Crippen LogP) is 0.755. The monoisotopic (exact) mass is 257 g/mol. The molecule has 5 heteroatoms. The third-order valence-corrected chi connectivity index (χ3v) is 2.74. The van der Waals surface area contributed by atoms with Gasteiger partial charge in [-0.2, -0.15) is 0 Å². The Morgan fingerprint density at radius 3 is 2.68 bits per heavy atom. The van der Waals surface area contributed by atoms with Gasteiger partial charge in [0.1, 0.15) is 5.70 Å². The second kappa shape index (κ2) is 5.95. The minimum atomic E-state index is -0.436. The van der Waals surface area contributed by atoms with E-state index in [2.05, 4.69) is 10.3 Å². The minimum Gasteiger partial charge on any atom is -0.370 e. The number of hydrogen-bond acceptors (Lipinski definition) is 3. The maximum Gasteiger partial charge on any atom is 0.269 e. The minimum absolute atomic E-state index is 0.133. The van der Waals surface area contributed by atoms with Crippen molar-refractivity contribution in [3.05, 3.63) is 47.7 Å². The van der Waals surface area contributed by atoms with Crippen LogP contribution >= 0.6 is 0 Å². The molecule has 0 fully saturated rings. The molecule has 0 unspecified atom stereocenters. The number of primary amides is 1. The lowest BCUT2D eigenvalue weighted by atomic mass is 10.1. The summed E-state index contributed by atoms with van der Waals surface area (Å²) in [6.07, 6.45) is 2.55. The van der Waals surface area contributed by atoms with Gasteiger partial charge in [-0.05, 0) is 11.6 Å². The second-order valence-corrected chi connectivity index (χ2v) is 4.19. The van der Waals surface area contributed by atoms with Gasteiger partial charge in [0.15, 0.2) is 0 Å². The molecular weight excluding hydrogens is 242 g/mol. The van der Waals surface area contributed by atoms with Gasteiger partial charge in [-0.25, -0.2) is 4.99 Å². The van der Waals surface area contributed by atoms with E-state index in [-0.39, 0.29) is 18.9 Å². The summed E-state index contributed by atoms with van der Waals surface area (Å²) in [6.45, 7) is 0.238. The van der Waals surface area contributed by atoms with E-state index in [0.717, 1.165) is 11.3 Å². The van der Waals surface area contributed by atoms with Crippen molar-refractivity contribution in [1.29, 1.82) is 0 Å². The van der Waals surface area contributed by atoms with Crippen molar-refractivity contribution in [3.63, 3.8) is 0 Å². The summed E-state index contributed by atoms with van der Waals surface area (Å²) in [5, 5.41) is 2.61. The van der Waals surface area contributed by atoms with Crippen molar-refractivity contribution in [2.24, 2.45) is 10.7 Å². The molecule has 0 spiro atoms. The van der Waals surface area contributed by atoms with Gasteiger partial charge in [0.25, 0.3) is 5.91 Å². The Kier molecular flexibility index (Phi) is 4.07. The third kappa shape index (κ3) is 3.51. The highest BCUT2D eigenvalue weighted by Crippen LogP contribution is 2.16. The molecule has 1 aliphatic heterocycles. The number of rotatable bonds is 5. The molecule has 1 aromatic carbocycles. The summed E-state index contributed by atoms with van der Waals surface area (Å²) in [5.41, 5.74) is 7.28. The van der Waals surface area contributed by atoms with E-state index in [1.54, 1.807) is 6.08 Å². The van der Waals surface area contributed by atoms with E-state index >= 15 is 0 Å². The van der Waals surface area contributed by atoms with Crippen LogP contribution in [0.3, 0.4) is 0 Å². The third-order valence-electron chi connectivity index (χ3n) is 2.74. The summed E-state index contributed by atoms with van der Waals surface area (Å²) in [4.78, 5) is 26.6. The summed E-state index contributed by atoms with van der Waals surface area (Å²) in [6, 6.07) is 9.72. The molecule has 1 aromatic rings. The summed E-state index contributed by atoms with van der Waals surface area (Å²) in [5.74, 6) is -0.707. The summed E-state index contributed by atoms with van der Waals surface area (Å²) >= 11 is 0. The van der Waals surface area contributed by atoms with Crippen LogP contribution in [-0.4, -0.2) is 24.1 Å². The number of carbonyl (C=O) groups is 2. The molecule has 5 nitrogen and oxygen atoms in total. The molecule has 1 heterocycles. The molecule has 3 N–H and O–H groups in total. The van der Waals surface area contributed by atoms with Crippen LogP contribution in [0.5, 0.6) is 0 Å². The Morgan fingerprint density at radius 1 is 1.26 bits per heavy atom. The smallest absolute Gasteiger partial charge is 0.269 e. The fraction of sp³-hybridized carbons (Fsp3) is 0.214. The number of amides is 2. The van der Waals surface area contributed by atoms with Gasteiger partial charge in [0, 0.05) is 19.4 Å². The van der Waals surface area contributed by atoms with Crippen LogP contribution in [0.15, 0.2) is 47.1 Å². The Bertz CT molecular complexity index is 547. The first-order valence-electron chi connectivity index (χ1n) is 6.06. The SMILES string of the molecule is NC(=O)CCNC(=O)C1=CCC(c2ccccc2)=N1. The van der Waals surface area contributed by atoms with Crippen molar-refractivity contribution in [2.75, 3.05) is 6.54 Å². The molecular formula is C14H15N3O2. The maximum atomic E-state index is 11.8. The lowest BCUT2D eigenvalue weighted by molar-refractivity contribution is -0.118. The van der Waals surface area contributed by atoms with Crippen molar-refractivity contribution in [3.8, 4) is 0 Å². The molecule has 0 aromatic heterocycles.